The van der Waals surface area contributed by atoms with Gasteiger partial charge in [0.25, 0.3) is 11.8 Å². The number of benzene rings is 4. The second-order valence-electron chi connectivity index (χ2n) is 9.54. The molecule has 0 unspecified atom stereocenters. The predicted molar refractivity (Wildman–Crippen MR) is 183 cm³/mol. The van der Waals surface area contributed by atoms with Gasteiger partial charge in [0.2, 0.25) is 5.91 Å². The van der Waals surface area contributed by atoms with Crippen LogP contribution in [0.3, 0.4) is 0 Å². The molecule has 3 N–H and O–H groups in total. The Hall–Kier alpha value is -4.51. The zero-order valence-corrected chi connectivity index (χ0v) is 26.8. The largest absolute Gasteiger partial charge is 0.321 e. The molecule has 0 saturated heterocycles. The number of rotatable bonds is 10. The van der Waals surface area contributed by atoms with Crippen molar-refractivity contribution >= 4 is 73.6 Å². The molecule has 4 aromatic carbocycles. The number of halogens is 1. The smallest absolute Gasteiger partial charge is 0.272 e. The minimum Gasteiger partial charge on any atom is -0.321 e. The van der Waals surface area contributed by atoms with Crippen molar-refractivity contribution in [2.75, 3.05) is 16.4 Å². The quantitative estimate of drug-likeness (QED) is 0.102. The van der Waals surface area contributed by atoms with Crippen molar-refractivity contribution in [1.82, 2.24) is 10.3 Å². The van der Waals surface area contributed by atoms with Crippen LogP contribution < -0.4 is 16.0 Å². The molecule has 0 aliphatic rings. The van der Waals surface area contributed by atoms with E-state index >= 15 is 0 Å². The minimum absolute atomic E-state index is 0.0900. The SMILES string of the molecule is Cc1sc(NC(=O)CSc2cccc(NC(=O)/C(=C/c3ccc(Br)cc3)NC(=O)c3ccccc3)c2)nc1-c1ccccc1. The van der Waals surface area contributed by atoms with Gasteiger partial charge >= 0.3 is 0 Å². The van der Waals surface area contributed by atoms with Crippen molar-refractivity contribution in [2.24, 2.45) is 0 Å². The topological polar surface area (TPSA) is 100 Å². The second kappa shape index (κ2) is 14.8. The Kier molecular flexibility index (Phi) is 10.4. The summed E-state index contributed by atoms with van der Waals surface area (Å²) >= 11 is 6.19. The molecule has 44 heavy (non-hydrogen) atoms. The number of hydrogen-bond acceptors (Lipinski definition) is 6. The van der Waals surface area contributed by atoms with Crippen LogP contribution >= 0.6 is 39.0 Å². The standard InChI is InChI=1S/C34H27BrN4O3S2/c1-22-31(24-9-4-2-5-10-24)39-34(44-22)38-30(40)21-43-28-14-8-13-27(20-28)36-33(42)29(19-23-15-17-26(35)18-16-23)37-32(41)25-11-6-3-7-12-25/h2-20H,21H2,1H3,(H,36,42)(H,37,41)(H,38,39,40)/b29-19-. The molecule has 5 aromatic rings. The molecule has 7 nitrogen and oxygen atoms in total. The van der Waals surface area contributed by atoms with E-state index in [0.29, 0.717) is 16.4 Å². The van der Waals surface area contributed by atoms with Crippen LogP contribution in [0.4, 0.5) is 10.8 Å². The number of hydrogen-bond donors (Lipinski definition) is 3. The van der Waals surface area contributed by atoms with Crippen molar-refractivity contribution in [2.45, 2.75) is 11.8 Å². The Morgan fingerprint density at radius 3 is 2.30 bits per heavy atom. The minimum atomic E-state index is -0.481. The third-order valence-corrected chi connectivity index (χ3v) is 8.67. The molecule has 220 valence electrons. The van der Waals surface area contributed by atoms with Crippen molar-refractivity contribution in [1.29, 1.82) is 0 Å². The number of anilines is 2. The van der Waals surface area contributed by atoms with Gasteiger partial charge in [-0.2, -0.15) is 0 Å². The van der Waals surface area contributed by atoms with Gasteiger partial charge in [0, 0.05) is 31.1 Å². The number of carbonyl (C=O) groups excluding carboxylic acids is 3. The molecule has 0 fully saturated rings. The van der Waals surface area contributed by atoms with Crippen molar-refractivity contribution in [3.63, 3.8) is 0 Å². The van der Waals surface area contributed by atoms with E-state index in [-0.39, 0.29) is 17.4 Å². The fourth-order valence-corrected chi connectivity index (χ4v) is 6.02. The number of carbonyl (C=O) groups is 3. The average Bonchev–Trinajstić information content (AvgIpc) is 3.41. The fourth-order valence-electron chi connectivity index (χ4n) is 4.15. The molecule has 1 heterocycles. The van der Waals surface area contributed by atoms with Gasteiger partial charge in [-0.25, -0.2) is 4.98 Å². The molecule has 0 radical (unpaired) electrons. The highest BCUT2D eigenvalue weighted by atomic mass is 79.9. The third-order valence-electron chi connectivity index (χ3n) is 6.26. The summed E-state index contributed by atoms with van der Waals surface area (Å²) in [5.74, 6) is -0.893. The highest BCUT2D eigenvalue weighted by Gasteiger charge is 2.16. The zero-order valence-electron chi connectivity index (χ0n) is 23.5. The van der Waals surface area contributed by atoms with E-state index in [0.717, 1.165) is 31.1 Å². The van der Waals surface area contributed by atoms with E-state index in [9.17, 15) is 14.4 Å². The molecule has 10 heteroatoms. The molecule has 0 aliphatic carbocycles. The molecule has 0 bridgehead atoms. The van der Waals surface area contributed by atoms with E-state index in [1.165, 1.54) is 23.1 Å². The number of nitrogens with zero attached hydrogens (tertiary/aromatic N) is 1. The lowest BCUT2D eigenvalue weighted by atomic mass is 10.1. The molecular weight excluding hydrogens is 656 g/mol. The summed E-state index contributed by atoms with van der Waals surface area (Å²) in [5.41, 5.74) is 3.66. The maximum atomic E-state index is 13.4. The Labute approximate surface area is 272 Å². The summed E-state index contributed by atoms with van der Waals surface area (Å²) in [7, 11) is 0. The van der Waals surface area contributed by atoms with E-state index in [4.69, 9.17) is 0 Å². The first kappa shape index (κ1) is 30.9. The first-order valence-corrected chi connectivity index (χ1v) is 16.1. The maximum absolute atomic E-state index is 13.4. The van der Waals surface area contributed by atoms with Crippen molar-refractivity contribution in [3.05, 3.63) is 135 Å². The van der Waals surface area contributed by atoms with Gasteiger partial charge in [-0.05, 0) is 61.0 Å². The third kappa shape index (κ3) is 8.53. The van der Waals surface area contributed by atoms with Gasteiger partial charge in [-0.3, -0.25) is 14.4 Å². The molecule has 0 saturated carbocycles. The molecule has 1 aromatic heterocycles. The van der Waals surface area contributed by atoms with Crippen LogP contribution in [0.25, 0.3) is 17.3 Å². The van der Waals surface area contributed by atoms with Gasteiger partial charge in [0.05, 0.1) is 11.4 Å². The molecule has 0 spiro atoms. The van der Waals surface area contributed by atoms with E-state index in [1.807, 2.05) is 73.7 Å². The van der Waals surface area contributed by atoms with E-state index < -0.39 is 11.8 Å². The van der Waals surface area contributed by atoms with Crippen molar-refractivity contribution in [3.8, 4) is 11.3 Å². The van der Waals surface area contributed by atoms with E-state index in [1.54, 1.807) is 48.5 Å². The van der Waals surface area contributed by atoms with Gasteiger partial charge in [-0.1, -0.05) is 82.7 Å². The van der Waals surface area contributed by atoms with Crippen molar-refractivity contribution < 1.29 is 14.4 Å². The highest BCUT2D eigenvalue weighted by molar-refractivity contribution is 9.10. The molecule has 5 rings (SSSR count). The summed E-state index contributed by atoms with van der Waals surface area (Å²) in [6, 6.07) is 33.1. The molecular formula is C34H27BrN4O3S2. The summed E-state index contributed by atoms with van der Waals surface area (Å²) in [5, 5.41) is 9.06. The molecule has 0 atom stereocenters. The zero-order chi connectivity index (χ0) is 30.9. The van der Waals surface area contributed by atoms with Crippen LogP contribution in [0, 0.1) is 6.92 Å². The Morgan fingerprint density at radius 2 is 1.57 bits per heavy atom. The maximum Gasteiger partial charge on any atom is 0.272 e. The number of thioether (sulfide) groups is 1. The van der Waals surface area contributed by atoms with Crippen LogP contribution in [0.1, 0.15) is 20.8 Å². The second-order valence-corrected chi connectivity index (χ2v) is 12.7. The Morgan fingerprint density at radius 1 is 0.864 bits per heavy atom. The number of aryl methyl sites for hydroxylation is 1. The lowest BCUT2D eigenvalue weighted by Crippen LogP contribution is -2.30. The predicted octanol–water partition coefficient (Wildman–Crippen LogP) is 8.02. The monoisotopic (exact) mass is 682 g/mol. The normalized spacial score (nSPS) is 11.1. The summed E-state index contributed by atoms with van der Waals surface area (Å²) < 4.78 is 0.899. The summed E-state index contributed by atoms with van der Waals surface area (Å²) in [4.78, 5) is 45.4. The van der Waals surface area contributed by atoms with Crippen LogP contribution in [0.15, 0.2) is 124 Å². The van der Waals surface area contributed by atoms with Gasteiger partial charge in [0.15, 0.2) is 5.13 Å². The van der Waals surface area contributed by atoms with Crippen LogP contribution in [0.2, 0.25) is 0 Å². The van der Waals surface area contributed by atoms with Crippen LogP contribution in [0.5, 0.6) is 0 Å². The van der Waals surface area contributed by atoms with Crippen LogP contribution in [-0.4, -0.2) is 28.5 Å². The first-order valence-electron chi connectivity index (χ1n) is 13.5. The number of thiazole rings is 1. The summed E-state index contributed by atoms with van der Waals surface area (Å²) in [6.07, 6.45) is 1.62. The average molecular weight is 684 g/mol. The first-order chi connectivity index (χ1) is 21.3. The van der Waals surface area contributed by atoms with Gasteiger partial charge < -0.3 is 16.0 Å². The van der Waals surface area contributed by atoms with E-state index in [2.05, 4.69) is 36.9 Å². The summed E-state index contributed by atoms with van der Waals surface area (Å²) in [6.45, 7) is 1.98. The molecule has 3 amide bonds. The lowest BCUT2D eigenvalue weighted by Gasteiger charge is -2.12. The number of amides is 3. The number of nitrogens with one attached hydrogen (secondary N) is 3. The number of aromatic nitrogens is 1. The van der Waals surface area contributed by atoms with Gasteiger partial charge in [-0.15, -0.1) is 23.1 Å². The highest BCUT2D eigenvalue weighted by Crippen LogP contribution is 2.30. The lowest BCUT2D eigenvalue weighted by molar-refractivity contribution is -0.114. The van der Waals surface area contributed by atoms with Gasteiger partial charge in [0.1, 0.15) is 5.70 Å². The molecule has 0 aliphatic heterocycles. The Bertz CT molecular complexity index is 1810. The Balaban J connectivity index is 1.23. The fraction of sp³-hybridized carbons (Fsp3) is 0.0588. The van der Waals surface area contributed by atoms with Crippen LogP contribution in [-0.2, 0) is 9.59 Å².